The summed E-state index contributed by atoms with van der Waals surface area (Å²) < 4.78 is 24.4. The highest BCUT2D eigenvalue weighted by Gasteiger charge is 2.40. The molecule has 0 bridgehead atoms. The fraction of sp³-hybridized carbons (Fsp3) is 0.562. The third-order valence-electron chi connectivity index (χ3n) is 4.44. The zero-order valence-electron chi connectivity index (χ0n) is 12.3. The molecule has 1 saturated carbocycles. The number of benzene rings is 1. The summed E-state index contributed by atoms with van der Waals surface area (Å²) in [6.07, 6.45) is 4.51. The molecule has 4 heteroatoms. The summed E-state index contributed by atoms with van der Waals surface area (Å²) in [7, 11) is 2.93. The molecule has 0 radical (unpaired) electrons. The van der Waals surface area contributed by atoms with E-state index in [0.29, 0.717) is 11.5 Å². The number of Topliss-reactive ketones (excluding diaryl/α,β-unsaturated/α-hetero) is 1. The van der Waals surface area contributed by atoms with Gasteiger partial charge < -0.3 is 9.47 Å². The first-order valence-electron chi connectivity index (χ1n) is 7.04. The maximum absolute atomic E-state index is 14.2. The SMILES string of the molecule is CCC1(C(=O)c2cc(OC)c(OC)cc2F)CCCC1. The predicted molar refractivity (Wildman–Crippen MR) is 75.0 cm³/mol. The Morgan fingerprint density at radius 3 is 2.25 bits per heavy atom. The van der Waals surface area contributed by atoms with Crippen LogP contribution in [0.3, 0.4) is 0 Å². The van der Waals surface area contributed by atoms with E-state index in [9.17, 15) is 9.18 Å². The van der Waals surface area contributed by atoms with Crippen molar-refractivity contribution in [3.05, 3.63) is 23.5 Å². The first-order valence-corrected chi connectivity index (χ1v) is 7.04. The lowest BCUT2D eigenvalue weighted by Crippen LogP contribution is -2.28. The molecular formula is C16H21FO3. The first-order chi connectivity index (χ1) is 9.57. The van der Waals surface area contributed by atoms with E-state index in [2.05, 4.69) is 0 Å². The molecule has 0 aliphatic heterocycles. The summed E-state index contributed by atoms with van der Waals surface area (Å²) in [5.74, 6) is 0.0587. The Balaban J connectivity index is 2.44. The van der Waals surface area contributed by atoms with E-state index in [0.717, 1.165) is 32.1 Å². The summed E-state index contributed by atoms with van der Waals surface area (Å²) >= 11 is 0. The Kier molecular flexibility index (Phi) is 4.31. The van der Waals surface area contributed by atoms with Gasteiger partial charge in [0, 0.05) is 11.5 Å². The smallest absolute Gasteiger partial charge is 0.172 e. The summed E-state index contributed by atoms with van der Waals surface area (Å²) in [5, 5.41) is 0. The summed E-state index contributed by atoms with van der Waals surface area (Å²) in [4.78, 5) is 12.8. The molecule has 20 heavy (non-hydrogen) atoms. The van der Waals surface area contributed by atoms with Crippen molar-refractivity contribution in [1.29, 1.82) is 0 Å². The van der Waals surface area contributed by atoms with Crippen molar-refractivity contribution in [2.45, 2.75) is 39.0 Å². The standard InChI is InChI=1S/C16H21FO3/c1-4-16(7-5-6-8-16)15(18)11-9-13(19-2)14(20-3)10-12(11)17/h9-10H,4-8H2,1-3H3. The van der Waals surface area contributed by atoms with Gasteiger partial charge in [0.1, 0.15) is 5.82 Å². The highest BCUT2D eigenvalue weighted by molar-refractivity contribution is 6.01. The molecule has 0 N–H and O–H groups in total. The number of hydrogen-bond acceptors (Lipinski definition) is 3. The van der Waals surface area contributed by atoms with Crippen LogP contribution in [0, 0.1) is 11.2 Å². The minimum Gasteiger partial charge on any atom is -0.493 e. The number of halogens is 1. The zero-order chi connectivity index (χ0) is 14.8. The number of ketones is 1. The Labute approximate surface area is 119 Å². The number of carbonyl (C=O) groups excluding carboxylic acids is 1. The van der Waals surface area contributed by atoms with Crippen LogP contribution in [0.2, 0.25) is 0 Å². The van der Waals surface area contributed by atoms with Gasteiger partial charge in [-0.05, 0) is 25.3 Å². The van der Waals surface area contributed by atoms with Crippen molar-refractivity contribution < 1.29 is 18.7 Å². The van der Waals surface area contributed by atoms with Gasteiger partial charge in [-0.1, -0.05) is 19.8 Å². The fourth-order valence-corrected chi connectivity index (χ4v) is 3.11. The van der Waals surface area contributed by atoms with Crippen LogP contribution in [0.1, 0.15) is 49.4 Å². The molecule has 0 atom stereocenters. The van der Waals surface area contributed by atoms with E-state index in [1.165, 1.54) is 26.4 Å². The molecule has 0 aromatic heterocycles. The van der Waals surface area contributed by atoms with Crippen LogP contribution in [0.4, 0.5) is 4.39 Å². The molecule has 2 rings (SSSR count). The van der Waals surface area contributed by atoms with Gasteiger partial charge in [-0.3, -0.25) is 4.79 Å². The summed E-state index contributed by atoms with van der Waals surface area (Å²) in [6, 6.07) is 2.69. The minimum absolute atomic E-state index is 0.101. The summed E-state index contributed by atoms with van der Waals surface area (Å²) in [6.45, 7) is 2.00. The van der Waals surface area contributed by atoms with Crippen molar-refractivity contribution in [2.24, 2.45) is 5.41 Å². The van der Waals surface area contributed by atoms with Crippen molar-refractivity contribution in [3.8, 4) is 11.5 Å². The van der Waals surface area contributed by atoms with E-state index in [4.69, 9.17) is 9.47 Å². The third kappa shape index (κ3) is 2.39. The van der Waals surface area contributed by atoms with Crippen LogP contribution in [-0.4, -0.2) is 20.0 Å². The van der Waals surface area contributed by atoms with Crippen LogP contribution in [0.25, 0.3) is 0 Å². The minimum atomic E-state index is -0.535. The Morgan fingerprint density at radius 2 is 1.75 bits per heavy atom. The topological polar surface area (TPSA) is 35.5 Å². The molecule has 0 saturated heterocycles. The molecule has 1 aromatic carbocycles. The van der Waals surface area contributed by atoms with E-state index >= 15 is 0 Å². The average Bonchev–Trinajstić information content (AvgIpc) is 2.96. The Bertz CT molecular complexity index is 505. The molecular weight excluding hydrogens is 259 g/mol. The molecule has 0 heterocycles. The van der Waals surface area contributed by atoms with Gasteiger partial charge in [-0.25, -0.2) is 4.39 Å². The highest BCUT2D eigenvalue weighted by atomic mass is 19.1. The van der Waals surface area contributed by atoms with Gasteiger partial charge in [0.25, 0.3) is 0 Å². The second-order valence-corrected chi connectivity index (χ2v) is 5.36. The van der Waals surface area contributed by atoms with Gasteiger partial charge in [-0.15, -0.1) is 0 Å². The number of hydrogen-bond donors (Lipinski definition) is 0. The average molecular weight is 280 g/mol. The number of carbonyl (C=O) groups is 1. The van der Waals surface area contributed by atoms with Crippen molar-refractivity contribution >= 4 is 5.78 Å². The van der Waals surface area contributed by atoms with Gasteiger partial charge in [0.2, 0.25) is 0 Å². The molecule has 1 fully saturated rings. The lowest BCUT2D eigenvalue weighted by atomic mass is 9.76. The van der Waals surface area contributed by atoms with Crippen LogP contribution < -0.4 is 9.47 Å². The predicted octanol–water partition coefficient (Wildman–Crippen LogP) is 4.00. The third-order valence-corrected chi connectivity index (χ3v) is 4.44. The summed E-state index contributed by atoms with van der Waals surface area (Å²) in [5.41, 5.74) is -0.285. The first kappa shape index (κ1) is 14.8. The van der Waals surface area contributed by atoms with Crippen molar-refractivity contribution in [1.82, 2.24) is 0 Å². The van der Waals surface area contributed by atoms with E-state index < -0.39 is 11.2 Å². The van der Waals surface area contributed by atoms with Gasteiger partial charge in [-0.2, -0.15) is 0 Å². The molecule has 1 aliphatic carbocycles. The molecule has 0 unspecified atom stereocenters. The largest absolute Gasteiger partial charge is 0.493 e. The molecule has 0 amide bonds. The lowest BCUT2D eigenvalue weighted by molar-refractivity contribution is 0.0786. The number of methoxy groups -OCH3 is 2. The van der Waals surface area contributed by atoms with Crippen LogP contribution >= 0.6 is 0 Å². The van der Waals surface area contributed by atoms with Gasteiger partial charge >= 0.3 is 0 Å². The molecule has 0 spiro atoms. The van der Waals surface area contributed by atoms with E-state index in [1.807, 2.05) is 6.92 Å². The second kappa shape index (κ2) is 5.81. The molecule has 110 valence electrons. The Hall–Kier alpha value is -1.58. The monoisotopic (exact) mass is 280 g/mol. The fourth-order valence-electron chi connectivity index (χ4n) is 3.11. The molecule has 3 nitrogen and oxygen atoms in total. The number of rotatable bonds is 5. The quantitative estimate of drug-likeness (QED) is 0.765. The van der Waals surface area contributed by atoms with Crippen LogP contribution in [-0.2, 0) is 0 Å². The highest BCUT2D eigenvalue weighted by Crippen LogP contribution is 2.44. The van der Waals surface area contributed by atoms with Gasteiger partial charge in [0.05, 0.1) is 19.8 Å². The van der Waals surface area contributed by atoms with Crippen LogP contribution in [0.15, 0.2) is 12.1 Å². The normalized spacial score (nSPS) is 17.0. The molecule has 1 aromatic rings. The van der Waals surface area contributed by atoms with E-state index in [-0.39, 0.29) is 11.3 Å². The van der Waals surface area contributed by atoms with Gasteiger partial charge in [0.15, 0.2) is 17.3 Å². The maximum atomic E-state index is 14.2. The number of ether oxygens (including phenoxy) is 2. The van der Waals surface area contributed by atoms with Crippen molar-refractivity contribution in [2.75, 3.05) is 14.2 Å². The lowest BCUT2D eigenvalue weighted by Gasteiger charge is -2.26. The second-order valence-electron chi connectivity index (χ2n) is 5.36. The zero-order valence-corrected chi connectivity index (χ0v) is 12.3. The molecule has 1 aliphatic rings. The van der Waals surface area contributed by atoms with Crippen molar-refractivity contribution in [3.63, 3.8) is 0 Å². The van der Waals surface area contributed by atoms with E-state index in [1.54, 1.807) is 0 Å². The van der Waals surface area contributed by atoms with Crippen LogP contribution in [0.5, 0.6) is 11.5 Å². The maximum Gasteiger partial charge on any atom is 0.172 e. The Morgan fingerprint density at radius 1 is 1.20 bits per heavy atom.